The molecule has 1 saturated heterocycles. The molecule has 0 unspecified atom stereocenters. The van der Waals surface area contributed by atoms with Crippen molar-refractivity contribution in [3.63, 3.8) is 0 Å². The summed E-state index contributed by atoms with van der Waals surface area (Å²) >= 11 is 0. The van der Waals surface area contributed by atoms with Crippen LogP contribution in [0.3, 0.4) is 0 Å². The van der Waals surface area contributed by atoms with Crippen LogP contribution < -0.4 is 15.1 Å². The van der Waals surface area contributed by atoms with E-state index >= 15 is 0 Å². The summed E-state index contributed by atoms with van der Waals surface area (Å²) in [6.07, 6.45) is 2.11. The first-order chi connectivity index (χ1) is 11.1. The molecule has 0 radical (unpaired) electrons. The molecule has 5 heteroatoms. The number of rotatable bonds is 6. The van der Waals surface area contributed by atoms with Gasteiger partial charge in [-0.3, -0.25) is 4.79 Å². The predicted molar refractivity (Wildman–Crippen MR) is 90.8 cm³/mol. The zero-order valence-electron chi connectivity index (χ0n) is 14.2. The number of carbonyl (C=O) groups excluding carboxylic acids is 1. The van der Waals surface area contributed by atoms with Crippen molar-refractivity contribution in [1.82, 2.24) is 5.32 Å². The summed E-state index contributed by atoms with van der Waals surface area (Å²) in [6, 6.07) is 9.02. The Morgan fingerprint density at radius 3 is 2.48 bits per heavy atom. The molecule has 2 N–H and O–H groups in total. The topological polar surface area (TPSA) is 46.0 Å². The molecular formula is C18H28N3O2+. The van der Waals surface area contributed by atoms with E-state index in [1.807, 2.05) is 0 Å². The number of amides is 1. The lowest BCUT2D eigenvalue weighted by Crippen LogP contribution is -3.15. The van der Waals surface area contributed by atoms with E-state index in [0.29, 0.717) is 12.6 Å². The van der Waals surface area contributed by atoms with Gasteiger partial charge in [0.1, 0.15) is 19.1 Å². The minimum Gasteiger partial charge on any atom is -0.378 e. The highest BCUT2D eigenvalue weighted by Gasteiger charge is 2.32. The van der Waals surface area contributed by atoms with Crippen molar-refractivity contribution in [2.45, 2.75) is 18.9 Å². The van der Waals surface area contributed by atoms with Crippen molar-refractivity contribution in [2.24, 2.45) is 5.92 Å². The molecule has 5 nitrogen and oxygen atoms in total. The van der Waals surface area contributed by atoms with Crippen molar-refractivity contribution in [3.05, 3.63) is 29.8 Å². The summed E-state index contributed by atoms with van der Waals surface area (Å²) in [5.74, 6) is 0.499. The molecule has 3 rings (SSSR count). The lowest BCUT2D eigenvalue weighted by Gasteiger charge is -2.32. The van der Waals surface area contributed by atoms with E-state index in [9.17, 15) is 4.79 Å². The van der Waals surface area contributed by atoms with Gasteiger partial charge in [-0.15, -0.1) is 0 Å². The summed E-state index contributed by atoms with van der Waals surface area (Å²) in [5.41, 5.74) is 2.50. The molecular weight excluding hydrogens is 290 g/mol. The van der Waals surface area contributed by atoms with E-state index < -0.39 is 0 Å². The highest BCUT2D eigenvalue weighted by molar-refractivity contribution is 5.80. The molecule has 0 aromatic heterocycles. The van der Waals surface area contributed by atoms with Crippen LogP contribution in [-0.2, 0) is 9.53 Å². The average molecular weight is 318 g/mol. The summed E-state index contributed by atoms with van der Waals surface area (Å²) in [7, 11) is 4.10. The van der Waals surface area contributed by atoms with Crippen molar-refractivity contribution in [1.29, 1.82) is 0 Å². The lowest BCUT2D eigenvalue weighted by molar-refractivity contribution is -0.937. The standard InChI is InChI=1S/C18H27N3O2/c1-20(2)16-7-5-14(6-8-16)17(21-9-11-23-12-10-21)13-19-18(22)15-3-4-15/h5-8,15,17H,3-4,9-13H2,1-2H3,(H,19,22)/p+1/t17-/m1/s1. The normalized spacial score (nSPS) is 20.1. The van der Waals surface area contributed by atoms with Gasteiger partial charge in [-0.1, -0.05) is 12.1 Å². The predicted octanol–water partition coefficient (Wildman–Crippen LogP) is 0.235. The molecule has 0 spiro atoms. The van der Waals surface area contributed by atoms with Crippen LogP contribution in [-0.4, -0.2) is 52.9 Å². The molecule has 1 aliphatic carbocycles. The SMILES string of the molecule is CN(C)c1ccc([C@@H](CNC(=O)C2CC2)[NH+]2CCOCC2)cc1. The first-order valence-corrected chi connectivity index (χ1v) is 8.62. The maximum Gasteiger partial charge on any atom is 0.223 e. The van der Waals surface area contributed by atoms with Gasteiger partial charge in [-0.25, -0.2) is 0 Å². The number of quaternary nitrogens is 1. The van der Waals surface area contributed by atoms with E-state index in [4.69, 9.17) is 4.74 Å². The fourth-order valence-electron chi connectivity index (χ4n) is 3.18. The fourth-order valence-corrected chi connectivity index (χ4v) is 3.18. The zero-order valence-corrected chi connectivity index (χ0v) is 14.2. The van der Waals surface area contributed by atoms with Crippen LogP contribution >= 0.6 is 0 Å². The largest absolute Gasteiger partial charge is 0.378 e. The van der Waals surface area contributed by atoms with Crippen LogP contribution in [0, 0.1) is 5.92 Å². The molecule has 1 heterocycles. The maximum absolute atomic E-state index is 12.0. The molecule has 1 atom stereocenters. The third-order valence-electron chi connectivity index (χ3n) is 4.87. The highest BCUT2D eigenvalue weighted by atomic mass is 16.5. The minimum atomic E-state index is 0.229. The molecule has 2 aliphatic rings. The van der Waals surface area contributed by atoms with Crippen molar-refractivity contribution in [2.75, 3.05) is 51.8 Å². The Balaban J connectivity index is 1.71. The quantitative estimate of drug-likeness (QED) is 0.790. The number of morpholine rings is 1. The Morgan fingerprint density at radius 1 is 1.26 bits per heavy atom. The first kappa shape index (κ1) is 16.3. The van der Waals surface area contributed by atoms with Gasteiger partial charge in [0.15, 0.2) is 0 Å². The molecule has 0 bridgehead atoms. The average Bonchev–Trinajstić information content (AvgIpc) is 3.41. The third-order valence-corrected chi connectivity index (χ3v) is 4.87. The Hall–Kier alpha value is -1.59. The number of nitrogens with one attached hydrogen (secondary N) is 2. The summed E-state index contributed by atoms with van der Waals surface area (Å²) in [4.78, 5) is 15.6. The van der Waals surface area contributed by atoms with Crippen molar-refractivity contribution >= 4 is 11.6 Å². The highest BCUT2D eigenvalue weighted by Crippen LogP contribution is 2.28. The van der Waals surface area contributed by atoms with Gasteiger partial charge < -0.3 is 19.9 Å². The smallest absolute Gasteiger partial charge is 0.223 e. The molecule has 1 aliphatic heterocycles. The van der Waals surface area contributed by atoms with Crippen LogP contribution in [0.4, 0.5) is 5.69 Å². The van der Waals surface area contributed by atoms with Crippen LogP contribution in [0.25, 0.3) is 0 Å². The number of hydrogen-bond donors (Lipinski definition) is 2. The van der Waals surface area contributed by atoms with Gasteiger partial charge in [0.25, 0.3) is 0 Å². The zero-order chi connectivity index (χ0) is 16.2. The van der Waals surface area contributed by atoms with Crippen molar-refractivity contribution < 1.29 is 14.4 Å². The summed E-state index contributed by atoms with van der Waals surface area (Å²) < 4.78 is 5.50. The second-order valence-corrected chi connectivity index (χ2v) is 6.83. The first-order valence-electron chi connectivity index (χ1n) is 8.62. The maximum atomic E-state index is 12.0. The molecule has 126 valence electrons. The Labute approximate surface area is 138 Å². The lowest BCUT2D eigenvalue weighted by atomic mass is 10.0. The number of ether oxygens (including phenoxy) is 1. The van der Waals surface area contributed by atoms with Crippen molar-refractivity contribution in [3.8, 4) is 0 Å². The molecule has 1 aromatic carbocycles. The molecule has 1 aromatic rings. The van der Waals surface area contributed by atoms with E-state index in [1.165, 1.54) is 16.2 Å². The number of benzene rings is 1. The van der Waals surface area contributed by atoms with E-state index in [0.717, 1.165) is 39.1 Å². The van der Waals surface area contributed by atoms with Gasteiger partial charge >= 0.3 is 0 Å². The minimum absolute atomic E-state index is 0.229. The fraction of sp³-hybridized carbons (Fsp3) is 0.611. The van der Waals surface area contributed by atoms with Crippen LogP contribution in [0.2, 0.25) is 0 Å². The molecule has 1 amide bonds. The Bertz CT molecular complexity index is 520. The second kappa shape index (κ2) is 7.32. The Kier molecular flexibility index (Phi) is 5.18. The number of nitrogens with zero attached hydrogens (tertiary/aromatic N) is 1. The van der Waals surface area contributed by atoms with E-state index in [2.05, 4.69) is 48.6 Å². The third kappa shape index (κ3) is 4.24. The second-order valence-electron chi connectivity index (χ2n) is 6.83. The van der Waals surface area contributed by atoms with Gasteiger partial charge in [0.2, 0.25) is 5.91 Å². The van der Waals surface area contributed by atoms with Gasteiger partial charge in [-0.05, 0) is 25.0 Å². The van der Waals surface area contributed by atoms with Gasteiger partial charge in [0, 0.05) is 31.3 Å². The number of hydrogen-bond acceptors (Lipinski definition) is 3. The summed E-state index contributed by atoms with van der Waals surface area (Å²) in [5, 5.41) is 3.17. The summed E-state index contributed by atoms with van der Waals surface area (Å²) in [6.45, 7) is 4.32. The number of carbonyl (C=O) groups is 1. The molecule has 2 fully saturated rings. The molecule has 23 heavy (non-hydrogen) atoms. The van der Waals surface area contributed by atoms with E-state index in [-0.39, 0.29) is 11.8 Å². The van der Waals surface area contributed by atoms with Crippen LogP contribution in [0.1, 0.15) is 24.4 Å². The Morgan fingerprint density at radius 2 is 1.91 bits per heavy atom. The van der Waals surface area contributed by atoms with Crippen LogP contribution in [0.5, 0.6) is 0 Å². The molecule has 1 saturated carbocycles. The van der Waals surface area contributed by atoms with Crippen LogP contribution in [0.15, 0.2) is 24.3 Å². The van der Waals surface area contributed by atoms with Gasteiger partial charge in [0.05, 0.1) is 19.8 Å². The number of anilines is 1. The monoisotopic (exact) mass is 318 g/mol. The van der Waals surface area contributed by atoms with E-state index in [1.54, 1.807) is 0 Å². The van der Waals surface area contributed by atoms with Gasteiger partial charge in [-0.2, -0.15) is 0 Å².